The van der Waals surface area contributed by atoms with Crippen LogP contribution in [0.5, 0.6) is 0 Å². The molecule has 2 aliphatic heterocycles. The predicted octanol–water partition coefficient (Wildman–Crippen LogP) is 3.02. The summed E-state index contributed by atoms with van der Waals surface area (Å²) < 4.78 is 5.65. The van der Waals surface area contributed by atoms with Gasteiger partial charge in [-0.15, -0.1) is 11.8 Å². The van der Waals surface area contributed by atoms with Crippen molar-refractivity contribution in [1.29, 1.82) is 0 Å². The molecule has 2 rings (SSSR count). The zero-order chi connectivity index (χ0) is 11.9. The molecular formula is C13H20O2S. The third kappa shape index (κ3) is 2.15. The lowest BCUT2D eigenvalue weighted by Gasteiger charge is -2.35. The third-order valence-corrected chi connectivity index (χ3v) is 4.96. The van der Waals surface area contributed by atoms with Gasteiger partial charge in [-0.2, -0.15) is 0 Å². The molecule has 0 radical (unpaired) electrons. The number of thioether (sulfide) groups is 1. The summed E-state index contributed by atoms with van der Waals surface area (Å²) in [4.78, 5) is 11.7. The highest BCUT2D eigenvalue weighted by molar-refractivity contribution is 8.01. The van der Waals surface area contributed by atoms with Crippen molar-refractivity contribution in [3.63, 3.8) is 0 Å². The normalized spacial score (nSPS) is 32.4. The molecule has 0 aromatic heterocycles. The van der Waals surface area contributed by atoms with E-state index in [9.17, 15) is 4.79 Å². The minimum absolute atomic E-state index is 0.0407. The number of carbonyl (C=O) groups is 1. The summed E-state index contributed by atoms with van der Waals surface area (Å²) in [7, 11) is 0. The number of ether oxygens (including phenoxy) is 1. The number of rotatable bonds is 3. The molecule has 0 aromatic rings. The van der Waals surface area contributed by atoms with Gasteiger partial charge in [0.25, 0.3) is 0 Å². The molecule has 2 aliphatic rings. The van der Waals surface area contributed by atoms with Crippen molar-refractivity contribution < 1.29 is 9.53 Å². The fourth-order valence-corrected chi connectivity index (χ4v) is 4.12. The van der Waals surface area contributed by atoms with E-state index >= 15 is 0 Å². The average Bonchev–Trinajstić information content (AvgIpc) is 2.77. The van der Waals surface area contributed by atoms with Gasteiger partial charge in [-0.3, -0.25) is 4.79 Å². The molecule has 0 aromatic carbocycles. The number of hydrogen-bond donors (Lipinski definition) is 0. The average molecular weight is 240 g/mol. The highest BCUT2D eigenvalue weighted by Gasteiger charge is 2.46. The summed E-state index contributed by atoms with van der Waals surface area (Å²) in [5, 5.41) is 1.19. The van der Waals surface area contributed by atoms with Crippen LogP contribution in [0.25, 0.3) is 0 Å². The van der Waals surface area contributed by atoms with Gasteiger partial charge in [0.15, 0.2) is 0 Å². The van der Waals surface area contributed by atoms with Gasteiger partial charge in [-0.1, -0.05) is 26.0 Å². The molecule has 0 N–H and O–H groups in total. The minimum atomic E-state index is -0.335. The van der Waals surface area contributed by atoms with Crippen LogP contribution >= 0.6 is 11.8 Å². The first kappa shape index (κ1) is 12.0. The maximum Gasteiger partial charge on any atom is 0.308 e. The molecule has 1 fully saturated rings. The smallest absolute Gasteiger partial charge is 0.308 e. The summed E-state index contributed by atoms with van der Waals surface area (Å²) in [5.74, 6) is 0.345. The van der Waals surface area contributed by atoms with Gasteiger partial charge in [-0.25, -0.2) is 0 Å². The number of esters is 1. The summed E-state index contributed by atoms with van der Waals surface area (Å²) in [6.45, 7) is 7.86. The first-order valence-electron chi connectivity index (χ1n) is 5.97. The van der Waals surface area contributed by atoms with Crippen LogP contribution in [0, 0.1) is 11.8 Å². The molecule has 3 heteroatoms. The SMILES string of the molecule is CC(C)C(=O)OC(C)(C)C1CC2C=CC1S2. The summed E-state index contributed by atoms with van der Waals surface area (Å²) in [6, 6.07) is 0. The molecule has 0 spiro atoms. The Balaban J connectivity index is 2.02. The van der Waals surface area contributed by atoms with E-state index in [1.165, 1.54) is 0 Å². The lowest BCUT2D eigenvalue weighted by molar-refractivity contribution is -0.165. The van der Waals surface area contributed by atoms with E-state index in [4.69, 9.17) is 4.74 Å². The summed E-state index contributed by atoms with van der Waals surface area (Å²) >= 11 is 2.00. The first-order valence-corrected chi connectivity index (χ1v) is 6.91. The van der Waals surface area contributed by atoms with Crippen LogP contribution in [0.2, 0.25) is 0 Å². The van der Waals surface area contributed by atoms with Crippen LogP contribution in [-0.2, 0) is 9.53 Å². The van der Waals surface area contributed by atoms with Crippen LogP contribution < -0.4 is 0 Å². The molecule has 0 aliphatic carbocycles. The van der Waals surface area contributed by atoms with E-state index in [1.54, 1.807) is 0 Å². The number of fused-ring (bicyclic) bond motifs is 2. The molecule has 0 saturated carbocycles. The van der Waals surface area contributed by atoms with Crippen molar-refractivity contribution in [3.8, 4) is 0 Å². The van der Waals surface area contributed by atoms with Gasteiger partial charge in [0.2, 0.25) is 0 Å². The summed E-state index contributed by atoms with van der Waals surface area (Å²) in [6.07, 6.45) is 5.70. The molecule has 2 nitrogen and oxygen atoms in total. The molecule has 2 bridgehead atoms. The van der Waals surface area contributed by atoms with E-state index in [2.05, 4.69) is 12.2 Å². The molecule has 90 valence electrons. The van der Waals surface area contributed by atoms with Crippen LogP contribution in [0.1, 0.15) is 34.1 Å². The Morgan fingerprint density at radius 2 is 2.12 bits per heavy atom. The highest BCUT2D eigenvalue weighted by Crippen LogP contribution is 2.49. The molecular weight excluding hydrogens is 220 g/mol. The lowest BCUT2D eigenvalue weighted by atomic mass is 9.81. The Morgan fingerprint density at radius 3 is 2.56 bits per heavy atom. The van der Waals surface area contributed by atoms with Gasteiger partial charge < -0.3 is 4.74 Å². The van der Waals surface area contributed by atoms with Crippen molar-refractivity contribution >= 4 is 17.7 Å². The van der Waals surface area contributed by atoms with E-state index in [-0.39, 0.29) is 17.5 Å². The third-order valence-electron chi connectivity index (χ3n) is 3.46. The topological polar surface area (TPSA) is 26.3 Å². The summed E-state index contributed by atoms with van der Waals surface area (Å²) in [5.41, 5.74) is -0.335. The van der Waals surface area contributed by atoms with Gasteiger partial charge in [0, 0.05) is 16.4 Å². The standard InChI is InChI=1S/C13H20O2S/c1-8(2)12(14)15-13(3,4)10-7-9-5-6-11(10)16-9/h5-6,8-11H,7H2,1-4H3. The molecule has 1 saturated heterocycles. The van der Waals surface area contributed by atoms with Crippen molar-refractivity contribution in [2.75, 3.05) is 0 Å². The number of hydrogen-bond acceptors (Lipinski definition) is 3. The van der Waals surface area contributed by atoms with Crippen molar-refractivity contribution in [2.45, 2.75) is 50.2 Å². The zero-order valence-corrected chi connectivity index (χ0v) is 11.2. The van der Waals surface area contributed by atoms with Crippen LogP contribution in [0.4, 0.5) is 0 Å². The van der Waals surface area contributed by atoms with Crippen LogP contribution in [-0.4, -0.2) is 22.1 Å². The Kier molecular flexibility index (Phi) is 3.08. The largest absolute Gasteiger partial charge is 0.459 e. The monoisotopic (exact) mass is 240 g/mol. The van der Waals surface area contributed by atoms with E-state index in [1.807, 2.05) is 39.5 Å². The second-order valence-corrected chi connectivity index (χ2v) is 6.97. The number of carbonyl (C=O) groups excluding carboxylic acids is 1. The predicted molar refractivity (Wildman–Crippen MR) is 67.4 cm³/mol. The first-order chi connectivity index (χ1) is 7.40. The van der Waals surface area contributed by atoms with Crippen molar-refractivity contribution in [3.05, 3.63) is 12.2 Å². The van der Waals surface area contributed by atoms with E-state index in [0.717, 1.165) is 6.42 Å². The van der Waals surface area contributed by atoms with Gasteiger partial charge in [0.1, 0.15) is 5.60 Å². The quantitative estimate of drug-likeness (QED) is 0.560. The fourth-order valence-electron chi connectivity index (χ4n) is 2.41. The fraction of sp³-hybridized carbons (Fsp3) is 0.769. The lowest BCUT2D eigenvalue weighted by Crippen LogP contribution is -2.41. The molecule has 16 heavy (non-hydrogen) atoms. The van der Waals surface area contributed by atoms with Gasteiger partial charge in [0.05, 0.1) is 5.92 Å². The Morgan fingerprint density at radius 1 is 1.44 bits per heavy atom. The van der Waals surface area contributed by atoms with E-state index in [0.29, 0.717) is 16.4 Å². The Labute approximate surface area is 102 Å². The Bertz CT molecular complexity index is 320. The van der Waals surface area contributed by atoms with Gasteiger partial charge >= 0.3 is 5.97 Å². The van der Waals surface area contributed by atoms with Crippen molar-refractivity contribution in [1.82, 2.24) is 0 Å². The second kappa shape index (κ2) is 4.10. The molecule has 0 amide bonds. The highest BCUT2D eigenvalue weighted by atomic mass is 32.2. The Hall–Kier alpha value is -0.440. The van der Waals surface area contributed by atoms with E-state index < -0.39 is 0 Å². The maximum absolute atomic E-state index is 11.7. The van der Waals surface area contributed by atoms with Crippen molar-refractivity contribution in [2.24, 2.45) is 11.8 Å². The molecule has 3 unspecified atom stereocenters. The van der Waals surface area contributed by atoms with Gasteiger partial charge in [-0.05, 0) is 20.3 Å². The second-order valence-electron chi connectivity index (χ2n) is 5.55. The molecule has 3 atom stereocenters. The molecule has 2 heterocycles. The van der Waals surface area contributed by atoms with Crippen LogP contribution in [0.15, 0.2) is 12.2 Å². The minimum Gasteiger partial charge on any atom is -0.459 e. The maximum atomic E-state index is 11.7. The zero-order valence-electron chi connectivity index (χ0n) is 10.4. The van der Waals surface area contributed by atoms with Crippen LogP contribution in [0.3, 0.4) is 0 Å².